The van der Waals surface area contributed by atoms with Crippen LogP contribution < -0.4 is 0 Å². The minimum absolute atomic E-state index is 0.0943. The van der Waals surface area contributed by atoms with E-state index in [1.807, 2.05) is 35.2 Å². The number of hydrogen-bond acceptors (Lipinski definition) is 1. The van der Waals surface area contributed by atoms with E-state index in [0.29, 0.717) is 6.54 Å². The van der Waals surface area contributed by atoms with Crippen molar-refractivity contribution in [3.8, 4) is 0 Å². The Bertz CT molecular complexity index is 851. The smallest absolute Gasteiger partial charge is 0.254 e. The Labute approximate surface area is 137 Å². The minimum Gasteiger partial charge on any atom is -0.357 e. The van der Waals surface area contributed by atoms with Crippen LogP contribution in [0, 0.1) is 0 Å². The summed E-state index contributed by atoms with van der Waals surface area (Å²) in [6, 6.07) is 15.9. The maximum atomic E-state index is 12.6. The van der Waals surface area contributed by atoms with Crippen LogP contribution in [0.2, 0.25) is 0 Å². The van der Waals surface area contributed by atoms with Gasteiger partial charge in [-0.2, -0.15) is 0 Å². The predicted molar refractivity (Wildman–Crippen MR) is 90.9 cm³/mol. The Kier molecular flexibility index (Phi) is 3.26. The lowest BCUT2D eigenvalue weighted by Gasteiger charge is -2.27. The number of benzene rings is 2. The van der Waals surface area contributed by atoms with Gasteiger partial charge in [0.25, 0.3) is 5.91 Å². The van der Waals surface area contributed by atoms with Crippen molar-refractivity contribution in [3.63, 3.8) is 0 Å². The van der Waals surface area contributed by atoms with Gasteiger partial charge in [0.05, 0.1) is 6.54 Å². The van der Waals surface area contributed by atoms with Gasteiger partial charge in [-0.1, -0.05) is 34.1 Å². The third-order valence-corrected chi connectivity index (χ3v) is 4.79. The van der Waals surface area contributed by atoms with E-state index < -0.39 is 0 Å². The first-order valence-corrected chi connectivity index (χ1v) is 8.15. The van der Waals surface area contributed by atoms with Gasteiger partial charge in [0.15, 0.2) is 0 Å². The van der Waals surface area contributed by atoms with Crippen LogP contribution in [-0.4, -0.2) is 22.3 Å². The standard InChI is InChI=1S/C18H15BrN2O/c19-13-7-5-12(6-8-13)18(22)21-10-9-15-14-3-1-2-4-16(14)20-17(15)11-21/h1-8,20H,9-11H2. The number of aromatic amines is 1. The lowest BCUT2D eigenvalue weighted by Crippen LogP contribution is -2.35. The van der Waals surface area contributed by atoms with Gasteiger partial charge in [0.1, 0.15) is 0 Å². The molecule has 0 radical (unpaired) electrons. The van der Waals surface area contributed by atoms with Crippen LogP contribution in [0.25, 0.3) is 10.9 Å². The second-order valence-corrected chi connectivity index (χ2v) is 6.53. The highest BCUT2D eigenvalue weighted by Gasteiger charge is 2.24. The molecule has 4 rings (SSSR count). The number of aromatic nitrogens is 1. The largest absolute Gasteiger partial charge is 0.357 e. The van der Waals surface area contributed by atoms with Crippen LogP contribution in [0.1, 0.15) is 21.6 Å². The van der Waals surface area contributed by atoms with Gasteiger partial charge < -0.3 is 9.88 Å². The van der Waals surface area contributed by atoms with Gasteiger partial charge in [-0.15, -0.1) is 0 Å². The molecule has 1 N–H and O–H groups in total. The summed E-state index contributed by atoms with van der Waals surface area (Å²) in [4.78, 5) is 18.0. The molecule has 0 atom stereocenters. The van der Waals surface area contributed by atoms with Gasteiger partial charge in [0, 0.05) is 33.2 Å². The summed E-state index contributed by atoms with van der Waals surface area (Å²) in [5.41, 5.74) is 4.42. The van der Waals surface area contributed by atoms with E-state index in [2.05, 4.69) is 39.1 Å². The molecule has 0 aliphatic carbocycles. The number of halogens is 1. The number of fused-ring (bicyclic) bond motifs is 3. The zero-order chi connectivity index (χ0) is 15.1. The van der Waals surface area contributed by atoms with Crippen molar-refractivity contribution in [2.45, 2.75) is 13.0 Å². The molecule has 22 heavy (non-hydrogen) atoms. The van der Waals surface area contributed by atoms with E-state index in [4.69, 9.17) is 0 Å². The zero-order valence-electron chi connectivity index (χ0n) is 12.0. The fourth-order valence-electron chi connectivity index (χ4n) is 3.14. The van der Waals surface area contributed by atoms with Crippen molar-refractivity contribution in [2.24, 2.45) is 0 Å². The molecule has 3 nitrogen and oxygen atoms in total. The molecule has 0 saturated heterocycles. The topological polar surface area (TPSA) is 36.1 Å². The Morgan fingerprint density at radius 1 is 1.09 bits per heavy atom. The van der Waals surface area contributed by atoms with E-state index in [-0.39, 0.29) is 5.91 Å². The second-order valence-electron chi connectivity index (χ2n) is 5.61. The van der Waals surface area contributed by atoms with Crippen molar-refractivity contribution in [1.29, 1.82) is 0 Å². The quantitative estimate of drug-likeness (QED) is 0.700. The van der Waals surface area contributed by atoms with Crippen LogP contribution in [0.5, 0.6) is 0 Å². The Hall–Kier alpha value is -2.07. The lowest BCUT2D eigenvalue weighted by molar-refractivity contribution is 0.0733. The summed E-state index contributed by atoms with van der Waals surface area (Å²) in [5.74, 6) is 0.0943. The summed E-state index contributed by atoms with van der Waals surface area (Å²) in [5, 5.41) is 1.29. The first-order chi connectivity index (χ1) is 10.7. The molecule has 4 heteroatoms. The number of rotatable bonds is 1. The lowest BCUT2D eigenvalue weighted by atomic mass is 10.0. The normalized spacial score (nSPS) is 14.1. The van der Waals surface area contributed by atoms with E-state index in [9.17, 15) is 4.79 Å². The van der Waals surface area contributed by atoms with E-state index in [0.717, 1.165) is 34.2 Å². The molecule has 1 aliphatic rings. The molecule has 1 aromatic heterocycles. The minimum atomic E-state index is 0.0943. The molecule has 1 amide bonds. The van der Waals surface area contributed by atoms with Gasteiger partial charge in [0.2, 0.25) is 0 Å². The Morgan fingerprint density at radius 2 is 1.86 bits per heavy atom. The molecule has 1 aliphatic heterocycles. The zero-order valence-corrected chi connectivity index (χ0v) is 13.6. The average Bonchev–Trinajstić information content (AvgIpc) is 2.92. The van der Waals surface area contributed by atoms with Gasteiger partial charge in [-0.05, 0) is 42.3 Å². The number of hydrogen-bond donors (Lipinski definition) is 1. The van der Waals surface area contributed by atoms with Crippen molar-refractivity contribution in [3.05, 3.63) is 69.8 Å². The second kappa shape index (κ2) is 5.29. The molecule has 0 spiro atoms. The van der Waals surface area contributed by atoms with E-state index in [1.165, 1.54) is 10.9 Å². The molecule has 0 saturated carbocycles. The van der Waals surface area contributed by atoms with Crippen LogP contribution in [0.15, 0.2) is 53.0 Å². The van der Waals surface area contributed by atoms with Gasteiger partial charge >= 0.3 is 0 Å². The monoisotopic (exact) mass is 354 g/mol. The fraction of sp³-hybridized carbons (Fsp3) is 0.167. The summed E-state index contributed by atoms with van der Waals surface area (Å²) < 4.78 is 0.987. The van der Waals surface area contributed by atoms with Gasteiger partial charge in [-0.3, -0.25) is 4.79 Å². The third kappa shape index (κ3) is 2.24. The fourth-order valence-corrected chi connectivity index (χ4v) is 3.41. The van der Waals surface area contributed by atoms with Crippen LogP contribution in [-0.2, 0) is 13.0 Å². The SMILES string of the molecule is O=C(c1ccc(Br)cc1)N1CCc2c([nH]c3ccccc23)C1. The Morgan fingerprint density at radius 3 is 2.68 bits per heavy atom. The maximum absolute atomic E-state index is 12.6. The van der Waals surface area contributed by atoms with Crippen LogP contribution in [0.3, 0.4) is 0 Å². The average molecular weight is 355 g/mol. The number of nitrogens with one attached hydrogen (secondary N) is 1. The first-order valence-electron chi connectivity index (χ1n) is 7.35. The number of para-hydroxylation sites is 1. The summed E-state index contributed by atoms with van der Waals surface area (Å²) >= 11 is 3.40. The summed E-state index contributed by atoms with van der Waals surface area (Å²) in [7, 11) is 0. The van der Waals surface area contributed by atoms with Crippen LogP contribution >= 0.6 is 15.9 Å². The molecule has 0 fully saturated rings. The maximum Gasteiger partial charge on any atom is 0.254 e. The molecule has 110 valence electrons. The summed E-state index contributed by atoms with van der Waals surface area (Å²) in [6.07, 6.45) is 0.904. The van der Waals surface area contributed by atoms with Gasteiger partial charge in [-0.25, -0.2) is 0 Å². The van der Waals surface area contributed by atoms with Crippen molar-refractivity contribution in [2.75, 3.05) is 6.54 Å². The predicted octanol–water partition coefficient (Wildman–Crippen LogP) is 4.13. The highest BCUT2D eigenvalue weighted by atomic mass is 79.9. The number of amides is 1. The third-order valence-electron chi connectivity index (χ3n) is 4.26. The van der Waals surface area contributed by atoms with Crippen LogP contribution in [0.4, 0.5) is 0 Å². The molecule has 2 heterocycles. The molecule has 2 aromatic carbocycles. The highest BCUT2D eigenvalue weighted by Crippen LogP contribution is 2.28. The highest BCUT2D eigenvalue weighted by molar-refractivity contribution is 9.10. The van der Waals surface area contributed by atoms with Crippen molar-refractivity contribution >= 4 is 32.7 Å². The number of H-pyrrole nitrogens is 1. The molecular weight excluding hydrogens is 340 g/mol. The molecule has 3 aromatic rings. The first kappa shape index (κ1) is 13.6. The molecule has 0 bridgehead atoms. The van der Waals surface area contributed by atoms with E-state index >= 15 is 0 Å². The van der Waals surface area contributed by atoms with E-state index in [1.54, 1.807) is 0 Å². The number of carbonyl (C=O) groups excluding carboxylic acids is 1. The van der Waals surface area contributed by atoms with Crippen molar-refractivity contribution < 1.29 is 4.79 Å². The van der Waals surface area contributed by atoms with Crippen molar-refractivity contribution in [1.82, 2.24) is 9.88 Å². The number of nitrogens with zero attached hydrogens (tertiary/aromatic N) is 1. The molecular formula is C18H15BrN2O. The molecule has 0 unspecified atom stereocenters. The summed E-state index contributed by atoms with van der Waals surface area (Å²) in [6.45, 7) is 1.42. The number of carbonyl (C=O) groups is 1. The Balaban J connectivity index is 1.64.